The maximum Gasteiger partial charge on any atom is 0.229 e. The number of carbonyl (C=O) groups is 1. The fraction of sp³-hybridized carbons (Fsp3) is 0.292. The summed E-state index contributed by atoms with van der Waals surface area (Å²) in [5.74, 6) is 1.01. The summed E-state index contributed by atoms with van der Waals surface area (Å²) >= 11 is 0. The van der Waals surface area contributed by atoms with Crippen LogP contribution < -0.4 is 5.32 Å². The fourth-order valence-electron chi connectivity index (χ4n) is 3.91. The second kappa shape index (κ2) is 8.95. The number of rotatable bonds is 5. The molecule has 0 unspecified atom stereocenters. The quantitative estimate of drug-likeness (QED) is 0.570. The van der Waals surface area contributed by atoms with Gasteiger partial charge in [0.25, 0.3) is 0 Å². The summed E-state index contributed by atoms with van der Waals surface area (Å²) in [4.78, 5) is 22.1. The zero-order valence-corrected chi connectivity index (χ0v) is 16.7. The van der Waals surface area contributed by atoms with Crippen molar-refractivity contribution < 1.29 is 15.0 Å². The van der Waals surface area contributed by atoms with Gasteiger partial charge in [0.15, 0.2) is 5.82 Å². The van der Waals surface area contributed by atoms with Crippen molar-refractivity contribution in [2.45, 2.75) is 44.4 Å². The molecule has 6 nitrogen and oxygen atoms in total. The van der Waals surface area contributed by atoms with Gasteiger partial charge in [0.05, 0.1) is 24.0 Å². The number of anilines is 1. The van der Waals surface area contributed by atoms with E-state index in [0.29, 0.717) is 5.82 Å². The average Bonchev–Trinajstić information content (AvgIpc) is 2.77. The van der Waals surface area contributed by atoms with Gasteiger partial charge in [-0.05, 0) is 54.8 Å². The van der Waals surface area contributed by atoms with Gasteiger partial charge in [-0.15, -0.1) is 0 Å². The second-order valence-corrected chi connectivity index (χ2v) is 7.76. The predicted octanol–water partition coefficient (Wildman–Crippen LogP) is 4.78. The van der Waals surface area contributed by atoms with Crippen LogP contribution in [0, 0.1) is 0 Å². The summed E-state index contributed by atoms with van der Waals surface area (Å²) in [5.41, 5.74) is 3.25. The lowest BCUT2D eigenvalue weighted by atomic mass is 9.86. The molecular weight excluding hydrogens is 378 g/mol. The van der Waals surface area contributed by atoms with Crippen molar-refractivity contribution in [1.29, 1.82) is 0 Å². The number of benzene rings is 2. The van der Waals surface area contributed by atoms with Gasteiger partial charge in [-0.3, -0.25) is 4.79 Å². The third kappa shape index (κ3) is 4.76. The predicted molar refractivity (Wildman–Crippen MR) is 115 cm³/mol. The Labute approximate surface area is 175 Å². The van der Waals surface area contributed by atoms with E-state index in [9.17, 15) is 15.0 Å². The normalized spacial score (nSPS) is 14.4. The molecule has 154 valence electrons. The highest BCUT2D eigenvalue weighted by Crippen LogP contribution is 2.35. The number of aromatic nitrogens is 2. The monoisotopic (exact) mass is 403 g/mol. The van der Waals surface area contributed by atoms with Crippen LogP contribution in [0.2, 0.25) is 0 Å². The highest BCUT2D eigenvalue weighted by Gasteiger charge is 2.23. The van der Waals surface area contributed by atoms with E-state index in [4.69, 9.17) is 4.98 Å². The lowest BCUT2D eigenvalue weighted by Crippen LogP contribution is -2.19. The Balaban J connectivity index is 1.59. The summed E-state index contributed by atoms with van der Waals surface area (Å²) < 4.78 is 0. The number of carbonyl (C=O) groups excluding carboxylic acids is 1. The van der Waals surface area contributed by atoms with E-state index in [2.05, 4.69) is 10.3 Å². The smallest absolute Gasteiger partial charge is 0.229 e. The molecule has 0 atom stereocenters. The first-order chi connectivity index (χ1) is 14.6. The summed E-state index contributed by atoms with van der Waals surface area (Å²) in [6, 6.07) is 13.5. The number of nitrogens with zero attached hydrogens (tertiary/aromatic N) is 2. The third-order valence-electron chi connectivity index (χ3n) is 5.51. The van der Waals surface area contributed by atoms with Crippen molar-refractivity contribution >= 4 is 11.7 Å². The van der Waals surface area contributed by atoms with E-state index in [0.717, 1.165) is 48.2 Å². The Morgan fingerprint density at radius 3 is 2.23 bits per heavy atom. The molecule has 3 N–H and O–H groups in total. The molecule has 2 aromatic carbocycles. The average molecular weight is 403 g/mol. The Bertz CT molecular complexity index is 1010. The summed E-state index contributed by atoms with van der Waals surface area (Å²) in [7, 11) is 0. The van der Waals surface area contributed by atoms with Crippen molar-refractivity contribution in [3.8, 4) is 22.8 Å². The number of amides is 1. The summed E-state index contributed by atoms with van der Waals surface area (Å²) in [6.07, 6.45) is 7.46. The van der Waals surface area contributed by atoms with Gasteiger partial charge in [0.2, 0.25) is 5.91 Å². The maximum absolute atomic E-state index is 12.6. The molecule has 0 bridgehead atoms. The molecule has 6 heteroatoms. The van der Waals surface area contributed by atoms with E-state index >= 15 is 0 Å². The Morgan fingerprint density at radius 1 is 0.933 bits per heavy atom. The highest BCUT2D eigenvalue weighted by atomic mass is 16.3. The van der Waals surface area contributed by atoms with Gasteiger partial charge in [-0.25, -0.2) is 9.97 Å². The van der Waals surface area contributed by atoms with Gasteiger partial charge in [-0.2, -0.15) is 0 Å². The van der Waals surface area contributed by atoms with E-state index in [-0.39, 0.29) is 29.7 Å². The zero-order valence-electron chi connectivity index (χ0n) is 16.7. The largest absolute Gasteiger partial charge is 0.508 e. The second-order valence-electron chi connectivity index (χ2n) is 7.76. The van der Waals surface area contributed by atoms with Crippen molar-refractivity contribution in [1.82, 2.24) is 9.97 Å². The van der Waals surface area contributed by atoms with Crippen LogP contribution in [0.15, 0.2) is 54.7 Å². The molecule has 3 aromatic rings. The fourth-order valence-corrected chi connectivity index (χ4v) is 3.91. The van der Waals surface area contributed by atoms with Crippen molar-refractivity contribution in [2.75, 3.05) is 5.32 Å². The molecule has 0 aliphatic heterocycles. The van der Waals surface area contributed by atoms with E-state index in [1.165, 1.54) is 6.42 Å². The van der Waals surface area contributed by atoms with Crippen LogP contribution in [-0.2, 0) is 11.2 Å². The minimum atomic E-state index is -0.163. The lowest BCUT2D eigenvalue weighted by Gasteiger charge is -2.23. The van der Waals surface area contributed by atoms with Gasteiger partial charge in [-0.1, -0.05) is 31.4 Å². The lowest BCUT2D eigenvalue weighted by molar-refractivity contribution is -0.115. The molecule has 1 aliphatic carbocycles. The Morgan fingerprint density at radius 2 is 1.57 bits per heavy atom. The highest BCUT2D eigenvalue weighted by molar-refractivity contribution is 5.92. The molecule has 0 saturated heterocycles. The SMILES string of the molecule is O=C(Cc1ccc(O)cc1)Nc1ncc(-c2ccc(O)cc2)nc1C1CCCCC1. The molecule has 30 heavy (non-hydrogen) atoms. The summed E-state index contributed by atoms with van der Waals surface area (Å²) in [5, 5.41) is 21.9. The standard InChI is InChI=1S/C24H25N3O3/c28-19-10-6-16(7-11-19)14-22(30)27-24-23(18-4-2-1-3-5-18)26-21(15-25-24)17-8-12-20(29)13-9-17/h6-13,15,18,28-29H,1-5,14H2,(H,25,27,30). The van der Waals surface area contributed by atoms with Gasteiger partial charge in [0, 0.05) is 11.5 Å². The molecule has 1 amide bonds. The van der Waals surface area contributed by atoms with E-state index in [1.54, 1.807) is 42.6 Å². The number of phenols is 2. The van der Waals surface area contributed by atoms with Crippen LogP contribution in [0.25, 0.3) is 11.3 Å². The van der Waals surface area contributed by atoms with E-state index in [1.807, 2.05) is 12.1 Å². The minimum Gasteiger partial charge on any atom is -0.508 e. The number of nitrogens with one attached hydrogen (secondary N) is 1. The van der Waals surface area contributed by atoms with Crippen LogP contribution in [0.5, 0.6) is 11.5 Å². The minimum absolute atomic E-state index is 0.163. The first-order valence-electron chi connectivity index (χ1n) is 10.3. The van der Waals surface area contributed by atoms with Gasteiger partial charge < -0.3 is 15.5 Å². The molecule has 1 saturated carbocycles. The number of hydrogen-bond donors (Lipinski definition) is 3. The van der Waals surface area contributed by atoms with Crippen LogP contribution in [0.1, 0.15) is 49.3 Å². The molecular formula is C24H25N3O3. The van der Waals surface area contributed by atoms with E-state index < -0.39 is 0 Å². The van der Waals surface area contributed by atoms with Crippen LogP contribution in [0.3, 0.4) is 0 Å². The number of phenolic OH excluding ortho intramolecular Hbond substituents is 2. The number of hydrogen-bond acceptors (Lipinski definition) is 5. The Hall–Kier alpha value is -3.41. The molecule has 1 fully saturated rings. The molecule has 1 aromatic heterocycles. The van der Waals surface area contributed by atoms with Crippen molar-refractivity contribution in [3.05, 3.63) is 66.0 Å². The number of aromatic hydroxyl groups is 2. The first kappa shape index (κ1) is 19.9. The van der Waals surface area contributed by atoms with Crippen molar-refractivity contribution in [2.24, 2.45) is 0 Å². The Kier molecular flexibility index (Phi) is 5.93. The topological polar surface area (TPSA) is 95.3 Å². The maximum atomic E-state index is 12.6. The van der Waals surface area contributed by atoms with Gasteiger partial charge >= 0.3 is 0 Å². The zero-order chi connectivity index (χ0) is 20.9. The molecule has 1 aliphatic rings. The molecule has 0 spiro atoms. The molecule has 0 radical (unpaired) electrons. The van der Waals surface area contributed by atoms with Gasteiger partial charge in [0.1, 0.15) is 11.5 Å². The molecule has 1 heterocycles. The third-order valence-corrected chi connectivity index (χ3v) is 5.51. The molecule has 4 rings (SSSR count). The van der Waals surface area contributed by atoms with Crippen molar-refractivity contribution in [3.63, 3.8) is 0 Å². The summed E-state index contributed by atoms with van der Waals surface area (Å²) in [6.45, 7) is 0. The first-order valence-corrected chi connectivity index (χ1v) is 10.3. The van der Waals surface area contributed by atoms with Crippen LogP contribution >= 0.6 is 0 Å². The van der Waals surface area contributed by atoms with Crippen LogP contribution in [-0.4, -0.2) is 26.1 Å². The van der Waals surface area contributed by atoms with Crippen LogP contribution in [0.4, 0.5) is 5.82 Å².